The van der Waals surface area contributed by atoms with Crippen LogP contribution < -0.4 is 16.4 Å². The Morgan fingerprint density at radius 1 is 0.925 bits per heavy atom. The van der Waals surface area contributed by atoms with E-state index in [-0.39, 0.29) is 107 Å². The SMILES string of the molecule is CC(C(=O)CCC(C)C1CC[C@H]2C3[C@H](O)C[C@@H]4C[C@H](O)CCC4(C)[C@H]3C[C@H](O)C12C)C(=O)SCCNC(=O)CCNC(=O)C(O)C(C)(C)COP(=O)(O)OP(=O)(O)OC[C@H]1O[C@@H](n2cnc3c(N)ncnc32)[C@H](O)[C@@H]1OP(=O)(O)O. The molecule has 28 nitrogen and oxygen atoms in total. The topological polar surface area (TPSA) is 441 Å². The van der Waals surface area contributed by atoms with Crippen molar-refractivity contribution in [3.63, 3.8) is 0 Å². The number of hydrogen-bond donors (Lipinski definition) is 12. The molecule has 4 saturated carbocycles. The molecule has 5 aliphatic rings. The molecule has 13 N–H and O–H groups in total. The van der Waals surface area contributed by atoms with E-state index >= 15 is 0 Å². The second-order valence-corrected chi connectivity index (χ2v) is 28.8. The van der Waals surface area contributed by atoms with Crippen molar-refractivity contribution in [2.45, 2.75) is 155 Å². The van der Waals surface area contributed by atoms with Crippen LogP contribution in [-0.4, -0.2) is 162 Å². The lowest BCUT2D eigenvalue weighted by atomic mass is 9.43. The molecule has 2 aromatic heterocycles. The molecular formula is C48H78N7O21P3S. The van der Waals surface area contributed by atoms with Crippen LogP contribution in [0.4, 0.5) is 5.82 Å². The van der Waals surface area contributed by atoms with Gasteiger partial charge in [0.05, 0.1) is 43.8 Å². The van der Waals surface area contributed by atoms with Crippen LogP contribution in [0.1, 0.15) is 112 Å². The number of Topliss-reactive ketones (excluding diaryl/α,β-unsaturated/α-hetero) is 1. The summed E-state index contributed by atoms with van der Waals surface area (Å²) in [4.78, 5) is 103. The Morgan fingerprint density at radius 2 is 1.62 bits per heavy atom. The molecule has 7 rings (SSSR count). The minimum atomic E-state index is -5.62. The molecule has 5 fully saturated rings. The number of phosphoric acid groups is 3. The highest BCUT2D eigenvalue weighted by atomic mass is 32.2. The van der Waals surface area contributed by atoms with Crippen molar-refractivity contribution in [1.29, 1.82) is 0 Å². The number of aromatic nitrogens is 4. The van der Waals surface area contributed by atoms with Crippen LogP contribution in [0.5, 0.6) is 0 Å². The van der Waals surface area contributed by atoms with Crippen LogP contribution in [0.25, 0.3) is 11.2 Å². The molecule has 1 aliphatic heterocycles. The molecule has 3 heterocycles. The van der Waals surface area contributed by atoms with E-state index in [9.17, 15) is 78.0 Å². The van der Waals surface area contributed by atoms with Gasteiger partial charge in [0.2, 0.25) is 11.8 Å². The summed E-state index contributed by atoms with van der Waals surface area (Å²) in [5, 5.41) is 60.3. The normalized spacial score (nSPS) is 34.2. The van der Waals surface area contributed by atoms with Crippen LogP contribution in [0.2, 0.25) is 0 Å². The number of phosphoric ester groups is 3. The summed E-state index contributed by atoms with van der Waals surface area (Å²) in [6.45, 7) is 8.34. The zero-order chi connectivity index (χ0) is 59.1. The van der Waals surface area contributed by atoms with Crippen molar-refractivity contribution in [2.75, 3.05) is 37.8 Å². The zero-order valence-corrected chi connectivity index (χ0v) is 49.0. The molecular weight excluding hydrogens is 1140 g/mol. The van der Waals surface area contributed by atoms with Crippen LogP contribution in [0.15, 0.2) is 12.7 Å². The number of imidazole rings is 1. The molecule has 19 atom stereocenters. The van der Waals surface area contributed by atoms with Gasteiger partial charge in [-0.25, -0.2) is 28.6 Å². The predicted octanol–water partition coefficient (Wildman–Crippen LogP) is 2.25. The zero-order valence-electron chi connectivity index (χ0n) is 45.5. The number of ketones is 1. The summed E-state index contributed by atoms with van der Waals surface area (Å²) in [5.41, 5.74) is 3.77. The Morgan fingerprint density at radius 3 is 2.33 bits per heavy atom. The van der Waals surface area contributed by atoms with E-state index in [2.05, 4.69) is 55.2 Å². The van der Waals surface area contributed by atoms with E-state index in [0.29, 0.717) is 25.7 Å². The van der Waals surface area contributed by atoms with Gasteiger partial charge in [0.25, 0.3) is 0 Å². The Kier molecular flexibility index (Phi) is 20.5. The molecule has 0 bridgehead atoms. The van der Waals surface area contributed by atoms with E-state index in [1.807, 2.05) is 0 Å². The van der Waals surface area contributed by atoms with Crippen LogP contribution >= 0.6 is 35.2 Å². The number of fused-ring (bicyclic) bond motifs is 6. The first-order valence-electron chi connectivity index (χ1n) is 26.8. The minimum absolute atomic E-state index is 0.0179. The number of anilines is 1. The van der Waals surface area contributed by atoms with E-state index in [1.54, 1.807) is 6.92 Å². The third-order valence-electron chi connectivity index (χ3n) is 17.9. The molecule has 4 aliphatic carbocycles. The Hall–Kier alpha value is -2.89. The molecule has 452 valence electrons. The number of amides is 2. The maximum atomic E-state index is 13.3. The summed E-state index contributed by atoms with van der Waals surface area (Å²) in [6, 6.07) is 0. The van der Waals surface area contributed by atoms with E-state index in [1.165, 1.54) is 13.8 Å². The summed E-state index contributed by atoms with van der Waals surface area (Å²) >= 11 is 0.908. The van der Waals surface area contributed by atoms with Crippen molar-refractivity contribution in [3.05, 3.63) is 12.7 Å². The largest absolute Gasteiger partial charge is 0.481 e. The van der Waals surface area contributed by atoms with Crippen molar-refractivity contribution in [1.82, 2.24) is 30.2 Å². The summed E-state index contributed by atoms with van der Waals surface area (Å²) in [7, 11) is -16.5. The average molecular weight is 1210 g/mol. The Bertz CT molecular complexity index is 2720. The monoisotopic (exact) mass is 1210 g/mol. The number of carbonyl (C=O) groups is 4. The first-order chi connectivity index (χ1) is 37.2. The number of thioether (sulfide) groups is 1. The van der Waals surface area contributed by atoms with E-state index in [4.69, 9.17) is 19.5 Å². The number of aliphatic hydroxyl groups excluding tert-OH is 5. The van der Waals surface area contributed by atoms with Gasteiger partial charge in [0, 0.05) is 37.1 Å². The van der Waals surface area contributed by atoms with Crippen LogP contribution in [0, 0.1) is 57.7 Å². The fourth-order valence-corrected chi connectivity index (χ4v) is 17.1. The second kappa shape index (κ2) is 25.4. The maximum Gasteiger partial charge on any atom is 0.481 e. The molecule has 80 heavy (non-hydrogen) atoms. The molecule has 2 amide bonds. The lowest BCUT2D eigenvalue weighted by Gasteiger charge is -2.63. The van der Waals surface area contributed by atoms with Gasteiger partial charge < -0.3 is 66.2 Å². The fourth-order valence-electron chi connectivity index (χ4n) is 13.5. The van der Waals surface area contributed by atoms with Gasteiger partial charge in [0.15, 0.2) is 22.8 Å². The minimum Gasteiger partial charge on any atom is -0.393 e. The first kappa shape index (κ1) is 64.7. The van der Waals surface area contributed by atoms with Gasteiger partial charge in [-0.2, -0.15) is 4.31 Å². The first-order valence-corrected chi connectivity index (χ1v) is 32.3. The number of nitrogens with zero attached hydrogens (tertiary/aromatic N) is 4. The number of nitrogens with one attached hydrogen (secondary N) is 2. The van der Waals surface area contributed by atoms with Crippen molar-refractivity contribution in [3.8, 4) is 0 Å². The van der Waals surface area contributed by atoms with Crippen LogP contribution in [0.3, 0.4) is 0 Å². The number of nitrogens with two attached hydrogens (primary N) is 1. The number of ether oxygens (including phenoxy) is 1. The lowest BCUT2D eigenvalue weighted by Crippen LogP contribution is -2.62. The highest BCUT2D eigenvalue weighted by Gasteiger charge is 2.66. The number of carbonyl (C=O) groups excluding carboxylic acids is 4. The molecule has 2 aromatic rings. The van der Waals surface area contributed by atoms with Gasteiger partial charge in [-0.3, -0.25) is 37.3 Å². The standard InChI is InChI=1S/C48H78N7O21P3S/c1-24(28-8-9-29-36-30(19-34(59)48(28,29)6)47(5)13-11-27(56)17-26(47)18-32(36)58)7-10-31(57)25(2)45(64)80-16-15-50-35(60)12-14-51-43(63)40(62)46(3,4)21-73-79(70,71)76-78(68,69)72-20-33-39(75-77(65,66)67)38(61)44(74-33)55-23-54-37-41(49)52-22-53-42(37)55/h22-30,32-34,36,38-40,44,56,58-59,61-62H,7-21H2,1-6H3,(H,50,60)(H,51,63)(H,68,69)(H,70,71)(H2,49,52,53)(H2,65,66,67)/t24?,25?,26-,27+,28?,29-,30-,32+,33+,34-,36?,38+,39+,40?,44+,47?,48?/m0/s1. The number of hydrogen-bond acceptors (Lipinski definition) is 22. The van der Waals surface area contributed by atoms with Crippen molar-refractivity contribution >= 4 is 74.9 Å². The summed E-state index contributed by atoms with van der Waals surface area (Å²) in [5.74, 6) is -1.63. The number of nitrogen functional groups attached to an aromatic ring is 1. The number of aliphatic hydroxyl groups is 5. The third-order valence-corrected chi connectivity index (χ3v) is 22.1. The molecule has 32 heteroatoms. The van der Waals surface area contributed by atoms with E-state index in [0.717, 1.165) is 54.7 Å². The van der Waals surface area contributed by atoms with Crippen molar-refractivity contribution < 1.29 is 101 Å². The highest BCUT2D eigenvalue weighted by molar-refractivity contribution is 8.13. The van der Waals surface area contributed by atoms with Gasteiger partial charge >= 0.3 is 23.5 Å². The average Bonchev–Trinajstić information content (AvgIpc) is 3.66. The van der Waals surface area contributed by atoms with Gasteiger partial charge in [0.1, 0.15) is 42.0 Å². The van der Waals surface area contributed by atoms with Gasteiger partial charge in [-0.05, 0) is 105 Å². The Balaban J connectivity index is 0.780. The molecule has 0 radical (unpaired) electrons. The van der Waals surface area contributed by atoms with Gasteiger partial charge in [-0.15, -0.1) is 0 Å². The van der Waals surface area contributed by atoms with Crippen LogP contribution in [-0.2, 0) is 55.5 Å². The second-order valence-electron chi connectivity index (χ2n) is 23.5. The lowest BCUT2D eigenvalue weighted by molar-refractivity contribution is -0.207. The van der Waals surface area contributed by atoms with Gasteiger partial charge in [-0.1, -0.05) is 46.4 Å². The number of rotatable bonds is 25. The smallest absolute Gasteiger partial charge is 0.393 e. The molecule has 9 unspecified atom stereocenters. The fraction of sp³-hybridized carbons (Fsp3) is 0.812. The molecule has 1 saturated heterocycles. The summed E-state index contributed by atoms with van der Waals surface area (Å²) < 4.78 is 62.7. The highest BCUT2D eigenvalue weighted by Crippen LogP contribution is 2.69. The predicted molar refractivity (Wildman–Crippen MR) is 284 cm³/mol. The molecule has 0 aromatic carbocycles. The Labute approximate surface area is 466 Å². The van der Waals surface area contributed by atoms with E-state index < -0.39 is 108 Å². The third kappa shape index (κ3) is 14.4. The molecule has 0 spiro atoms. The maximum absolute atomic E-state index is 13.3. The summed E-state index contributed by atoms with van der Waals surface area (Å²) in [6.07, 6.45) is -2.38. The quantitative estimate of drug-likeness (QED) is 0.0385. The van der Waals surface area contributed by atoms with Crippen molar-refractivity contribution in [2.24, 2.45) is 57.7 Å².